The van der Waals surface area contributed by atoms with Crippen LogP contribution in [-0.2, 0) is 10.0 Å². The van der Waals surface area contributed by atoms with Crippen molar-refractivity contribution in [3.8, 4) is 0 Å². The van der Waals surface area contributed by atoms with Gasteiger partial charge in [0, 0.05) is 10.9 Å². The summed E-state index contributed by atoms with van der Waals surface area (Å²) in [5.41, 5.74) is 0. The van der Waals surface area contributed by atoms with Crippen LogP contribution in [0.4, 0.5) is 0 Å². The van der Waals surface area contributed by atoms with Crippen LogP contribution in [0.25, 0.3) is 0 Å². The Balaban J connectivity index is 2.06. The fourth-order valence-electron chi connectivity index (χ4n) is 2.07. The maximum absolute atomic E-state index is 12.0. The average molecular weight is 302 g/mol. The number of carbonyl (C=O) groups is 1. The van der Waals surface area contributed by atoms with Crippen molar-refractivity contribution in [3.05, 3.63) is 15.8 Å². The summed E-state index contributed by atoms with van der Waals surface area (Å²) in [6.07, 6.45) is 3.47. The molecule has 0 saturated heterocycles. The van der Waals surface area contributed by atoms with Crippen LogP contribution in [0.1, 0.15) is 40.7 Å². The summed E-state index contributed by atoms with van der Waals surface area (Å²) >= 11 is 1.15. The zero-order chi connectivity index (χ0) is 14.2. The summed E-state index contributed by atoms with van der Waals surface area (Å²) in [5, 5.41) is 7.99. The summed E-state index contributed by atoms with van der Waals surface area (Å²) in [6, 6.07) is 1.47. The van der Waals surface area contributed by atoms with Gasteiger partial charge >= 0.3 is 0 Å². The molecule has 1 fully saturated rings. The molecule has 2 rings (SSSR count). The number of hydrogen-bond acceptors (Lipinski definition) is 4. The molecule has 19 heavy (non-hydrogen) atoms. The molecule has 1 aromatic rings. The SMILES string of the molecule is Cc1sc(C(=O)NC(C)CC2CC2)cc1S(N)(=O)=O. The number of thiophene rings is 1. The molecule has 1 aromatic heterocycles. The van der Waals surface area contributed by atoms with Crippen molar-refractivity contribution in [2.24, 2.45) is 11.1 Å². The molecule has 1 saturated carbocycles. The number of sulfonamides is 1. The predicted molar refractivity (Wildman–Crippen MR) is 74.7 cm³/mol. The van der Waals surface area contributed by atoms with E-state index in [0.29, 0.717) is 9.75 Å². The van der Waals surface area contributed by atoms with Crippen molar-refractivity contribution >= 4 is 27.3 Å². The van der Waals surface area contributed by atoms with Crippen LogP contribution in [-0.4, -0.2) is 20.4 Å². The second-order valence-corrected chi connectivity index (χ2v) is 7.92. The Morgan fingerprint density at radius 1 is 1.58 bits per heavy atom. The first-order valence-electron chi connectivity index (χ1n) is 6.21. The zero-order valence-corrected chi connectivity index (χ0v) is 12.6. The van der Waals surface area contributed by atoms with Gasteiger partial charge in [-0.25, -0.2) is 13.6 Å². The van der Waals surface area contributed by atoms with Gasteiger partial charge in [0.05, 0.1) is 9.77 Å². The lowest BCUT2D eigenvalue weighted by Gasteiger charge is -2.12. The van der Waals surface area contributed by atoms with Crippen molar-refractivity contribution in [3.63, 3.8) is 0 Å². The van der Waals surface area contributed by atoms with Gasteiger partial charge in [0.25, 0.3) is 5.91 Å². The highest BCUT2D eigenvalue weighted by Gasteiger charge is 2.25. The van der Waals surface area contributed by atoms with Crippen molar-refractivity contribution in [1.82, 2.24) is 5.32 Å². The molecule has 1 aliphatic rings. The van der Waals surface area contributed by atoms with E-state index in [9.17, 15) is 13.2 Å². The summed E-state index contributed by atoms with van der Waals surface area (Å²) in [6.45, 7) is 3.62. The van der Waals surface area contributed by atoms with Gasteiger partial charge in [-0.15, -0.1) is 11.3 Å². The quantitative estimate of drug-likeness (QED) is 0.866. The molecule has 0 radical (unpaired) electrons. The molecule has 1 heterocycles. The fourth-order valence-corrected chi connectivity index (χ4v) is 4.12. The summed E-state index contributed by atoms with van der Waals surface area (Å²) in [5.74, 6) is 0.511. The number of carbonyl (C=O) groups excluding carboxylic acids is 1. The Morgan fingerprint density at radius 3 is 2.68 bits per heavy atom. The molecule has 3 N–H and O–H groups in total. The van der Waals surface area contributed by atoms with Gasteiger partial charge < -0.3 is 5.32 Å². The van der Waals surface area contributed by atoms with Gasteiger partial charge in [-0.05, 0) is 32.3 Å². The van der Waals surface area contributed by atoms with E-state index in [1.54, 1.807) is 6.92 Å². The molecule has 1 unspecified atom stereocenters. The Kier molecular flexibility index (Phi) is 3.98. The molecule has 106 valence electrons. The molecule has 0 aliphatic heterocycles. The molecule has 1 aliphatic carbocycles. The third-order valence-corrected chi connectivity index (χ3v) is 5.38. The number of hydrogen-bond donors (Lipinski definition) is 2. The van der Waals surface area contributed by atoms with E-state index >= 15 is 0 Å². The first-order valence-corrected chi connectivity index (χ1v) is 8.57. The van der Waals surface area contributed by atoms with Crippen LogP contribution < -0.4 is 10.5 Å². The molecular formula is C12H18N2O3S2. The van der Waals surface area contributed by atoms with Crippen molar-refractivity contribution in [2.45, 2.75) is 44.0 Å². The zero-order valence-electron chi connectivity index (χ0n) is 11.0. The van der Waals surface area contributed by atoms with E-state index in [0.717, 1.165) is 23.7 Å². The van der Waals surface area contributed by atoms with E-state index in [-0.39, 0.29) is 16.8 Å². The predicted octanol–water partition coefficient (Wildman–Crippen LogP) is 1.62. The molecule has 0 bridgehead atoms. The van der Waals surface area contributed by atoms with Gasteiger partial charge in [0.2, 0.25) is 10.0 Å². The molecule has 7 heteroatoms. The number of nitrogens with two attached hydrogens (primary N) is 1. The van der Waals surface area contributed by atoms with Gasteiger partial charge in [-0.1, -0.05) is 12.8 Å². The molecule has 5 nitrogen and oxygen atoms in total. The Hall–Kier alpha value is -0.920. The number of aryl methyl sites for hydroxylation is 1. The molecule has 0 aromatic carbocycles. The summed E-state index contributed by atoms with van der Waals surface area (Å²) in [4.78, 5) is 13.0. The third kappa shape index (κ3) is 3.77. The van der Waals surface area contributed by atoms with Crippen LogP contribution in [0.5, 0.6) is 0 Å². The van der Waals surface area contributed by atoms with E-state index in [1.165, 1.54) is 18.9 Å². The Labute approximate surface area is 117 Å². The lowest BCUT2D eigenvalue weighted by molar-refractivity contribution is 0.0941. The monoisotopic (exact) mass is 302 g/mol. The van der Waals surface area contributed by atoms with E-state index in [4.69, 9.17) is 5.14 Å². The summed E-state index contributed by atoms with van der Waals surface area (Å²) in [7, 11) is -3.75. The summed E-state index contributed by atoms with van der Waals surface area (Å²) < 4.78 is 22.6. The Morgan fingerprint density at radius 2 is 2.21 bits per heavy atom. The minimum atomic E-state index is -3.75. The lowest BCUT2D eigenvalue weighted by atomic mass is 10.1. The normalized spacial score (nSPS) is 17.2. The third-order valence-electron chi connectivity index (χ3n) is 3.16. The molecule has 1 amide bonds. The first kappa shape index (κ1) is 14.5. The second-order valence-electron chi connectivity index (χ2n) is 5.13. The van der Waals surface area contributed by atoms with Gasteiger partial charge in [0.15, 0.2) is 0 Å². The van der Waals surface area contributed by atoms with Crippen LogP contribution in [0, 0.1) is 12.8 Å². The number of rotatable bonds is 5. The van der Waals surface area contributed by atoms with Gasteiger partial charge in [0.1, 0.15) is 0 Å². The van der Waals surface area contributed by atoms with E-state index in [2.05, 4.69) is 5.32 Å². The lowest BCUT2D eigenvalue weighted by Crippen LogP contribution is -2.32. The van der Waals surface area contributed by atoms with Crippen molar-refractivity contribution in [1.29, 1.82) is 0 Å². The van der Waals surface area contributed by atoms with Crippen molar-refractivity contribution < 1.29 is 13.2 Å². The highest BCUT2D eigenvalue weighted by molar-refractivity contribution is 7.89. The first-order chi connectivity index (χ1) is 8.77. The molecule has 0 spiro atoms. The topological polar surface area (TPSA) is 89.3 Å². The number of nitrogens with one attached hydrogen (secondary N) is 1. The minimum Gasteiger partial charge on any atom is -0.349 e. The highest BCUT2D eigenvalue weighted by Crippen LogP contribution is 2.33. The largest absolute Gasteiger partial charge is 0.349 e. The van der Waals surface area contributed by atoms with Crippen molar-refractivity contribution in [2.75, 3.05) is 0 Å². The second kappa shape index (κ2) is 5.22. The molecular weight excluding hydrogens is 284 g/mol. The maximum atomic E-state index is 12.0. The number of primary sulfonamides is 1. The Bertz CT molecular complexity index is 588. The van der Waals surface area contributed by atoms with Crippen LogP contribution in [0.2, 0.25) is 0 Å². The van der Waals surface area contributed by atoms with Gasteiger partial charge in [-0.3, -0.25) is 4.79 Å². The van der Waals surface area contributed by atoms with E-state index in [1.807, 2.05) is 6.92 Å². The average Bonchev–Trinajstić information content (AvgIpc) is 2.96. The highest BCUT2D eigenvalue weighted by atomic mass is 32.2. The van der Waals surface area contributed by atoms with Crippen LogP contribution in [0.3, 0.4) is 0 Å². The maximum Gasteiger partial charge on any atom is 0.261 e. The van der Waals surface area contributed by atoms with Gasteiger partial charge in [-0.2, -0.15) is 0 Å². The van der Waals surface area contributed by atoms with Crippen LogP contribution >= 0.6 is 11.3 Å². The molecule has 1 atom stereocenters. The number of amides is 1. The van der Waals surface area contributed by atoms with Crippen LogP contribution in [0.15, 0.2) is 11.0 Å². The smallest absolute Gasteiger partial charge is 0.261 e. The fraction of sp³-hybridized carbons (Fsp3) is 0.583. The standard InChI is InChI=1S/C12H18N2O3S2/c1-7(5-9-3-4-9)14-12(15)10-6-11(8(2)18-10)19(13,16)17/h6-7,9H,3-5H2,1-2H3,(H,14,15)(H2,13,16,17). The minimum absolute atomic E-state index is 0.0393. The van der Waals surface area contributed by atoms with E-state index < -0.39 is 10.0 Å².